The van der Waals surface area contributed by atoms with Crippen LogP contribution in [0, 0.1) is 0 Å². The number of carboxylic acid groups (broad SMARTS) is 1. The summed E-state index contributed by atoms with van der Waals surface area (Å²) in [6, 6.07) is 0. The molecule has 0 radical (unpaired) electrons. The van der Waals surface area contributed by atoms with Gasteiger partial charge in [-0.2, -0.15) is 0 Å². The van der Waals surface area contributed by atoms with Crippen molar-refractivity contribution in [3.8, 4) is 0 Å². The lowest BCUT2D eigenvalue weighted by atomic mass is 10.2. The van der Waals surface area contributed by atoms with E-state index in [0.717, 1.165) is 6.20 Å². The number of carbonyl (C=O) groups is 1. The van der Waals surface area contributed by atoms with E-state index >= 15 is 0 Å². The fourth-order valence-corrected chi connectivity index (χ4v) is 1.56. The van der Waals surface area contributed by atoms with Crippen LogP contribution in [0.15, 0.2) is 10.7 Å². The Morgan fingerprint density at radius 3 is 2.64 bits per heavy atom. The number of nitrogens with zero attached hydrogens (tertiary/aromatic N) is 1. The molecule has 7 heteroatoms. The van der Waals surface area contributed by atoms with Gasteiger partial charge in [0.2, 0.25) is 0 Å². The number of hydrogen-bond acceptors (Lipinski definition) is 3. The van der Waals surface area contributed by atoms with Crippen LogP contribution in [0.1, 0.15) is 22.5 Å². The summed E-state index contributed by atoms with van der Waals surface area (Å²) in [5.74, 6) is -1.39. The summed E-state index contributed by atoms with van der Waals surface area (Å²) in [5, 5.41) is 8.58. The van der Waals surface area contributed by atoms with Gasteiger partial charge in [-0.25, -0.2) is 18.6 Å². The normalized spacial score (nSPS) is 10.6. The molecule has 0 saturated heterocycles. The highest BCUT2D eigenvalue weighted by molar-refractivity contribution is 9.10. The van der Waals surface area contributed by atoms with Crippen molar-refractivity contribution in [3.05, 3.63) is 21.9 Å². The van der Waals surface area contributed by atoms with Crippen molar-refractivity contribution in [3.63, 3.8) is 0 Å². The predicted octanol–water partition coefficient (Wildman–Crippen LogP) is 2.06. The number of nitrogens with two attached hydrogens (primary N) is 1. The molecule has 0 aliphatic heterocycles. The maximum atomic E-state index is 12.4. The first-order valence-corrected chi connectivity index (χ1v) is 4.19. The molecule has 0 atom stereocenters. The minimum atomic E-state index is -2.84. The Morgan fingerprint density at radius 2 is 2.21 bits per heavy atom. The van der Waals surface area contributed by atoms with E-state index in [1.807, 2.05) is 0 Å². The number of aromatic nitrogens is 1. The van der Waals surface area contributed by atoms with Gasteiger partial charge in [0.05, 0.1) is 21.9 Å². The summed E-state index contributed by atoms with van der Waals surface area (Å²) >= 11 is 2.73. The van der Waals surface area contributed by atoms with Gasteiger partial charge in [-0.15, -0.1) is 0 Å². The molecule has 4 nitrogen and oxygen atoms in total. The molecule has 0 saturated carbocycles. The minimum absolute atomic E-state index is 0.239. The highest BCUT2D eigenvalue weighted by atomic mass is 79.9. The van der Waals surface area contributed by atoms with Gasteiger partial charge in [0.25, 0.3) is 6.43 Å². The maximum absolute atomic E-state index is 12.4. The van der Waals surface area contributed by atoms with E-state index in [4.69, 9.17) is 10.8 Å². The number of alkyl halides is 2. The second-order valence-electron chi connectivity index (χ2n) is 2.40. The lowest BCUT2D eigenvalue weighted by molar-refractivity contribution is 0.0688. The van der Waals surface area contributed by atoms with Crippen molar-refractivity contribution in [1.29, 1.82) is 0 Å². The van der Waals surface area contributed by atoms with Gasteiger partial charge in [-0.3, -0.25) is 0 Å². The van der Waals surface area contributed by atoms with Gasteiger partial charge in [-0.05, 0) is 15.9 Å². The third-order valence-electron chi connectivity index (χ3n) is 1.51. The zero-order chi connectivity index (χ0) is 10.9. The quantitative estimate of drug-likeness (QED) is 0.859. The number of hydrogen-bond donors (Lipinski definition) is 2. The van der Waals surface area contributed by atoms with E-state index in [1.54, 1.807) is 0 Å². The summed E-state index contributed by atoms with van der Waals surface area (Å²) in [5.41, 5.74) is 3.97. The van der Waals surface area contributed by atoms with E-state index in [1.165, 1.54) is 0 Å². The Labute approximate surface area is 85.9 Å². The second-order valence-corrected chi connectivity index (χ2v) is 3.19. The van der Waals surface area contributed by atoms with Crippen LogP contribution in [0.2, 0.25) is 0 Å². The molecular weight excluding hydrogens is 262 g/mol. The molecule has 1 aromatic heterocycles. The van der Waals surface area contributed by atoms with E-state index in [-0.39, 0.29) is 10.2 Å². The zero-order valence-corrected chi connectivity index (χ0v) is 8.25. The fourth-order valence-electron chi connectivity index (χ4n) is 0.885. The number of pyridine rings is 1. The van der Waals surface area contributed by atoms with Crippen molar-refractivity contribution in [2.45, 2.75) is 6.43 Å². The van der Waals surface area contributed by atoms with Crippen molar-refractivity contribution >= 4 is 27.6 Å². The molecule has 76 valence electrons. The van der Waals surface area contributed by atoms with Gasteiger partial charge in [0.1, 0.15) is 0 Å². The molecule has 0 aliphatic carbocycles. The van der Waals surface area contributed by atoms with Gasteiger partial charge in [0, 0.05) is 0 Å². The van der Waals surface area contributed by atoms with Crippen LogP contribution < -0.4 is 5.73 Å². The predicted molar refractivity (Wildman–Crippen MR) is 48.3 cm³/mol. The Balaban J connectivity index is 3.41. The summed E-state index contributed by atoms with van der Waals surface area (Å²) in [4.78, 5) is 13.9. The first kappa shape index (κ1) is 10.8. The third kappa shape index (κ3) is 1.82. The molecule has 0 amide bonds. The Morgan fingerprint density at radius 1 is 1.64 bits per heavy atom. The molecular formula is C7H5BrF2N2O2. The van der Waals surface area contributed by atoms with E-state index in [2.05, 4.69) is 20.9 Å². The maximum Gasteiger partial charge on any atom is 0.355 e. The number of rotatable bonds is 2. The molecule has 0 unspecified atom stereocenters. The van der Waals surface area contributed by atoms with Crippen LogP contribution in [0.4, 0.5) is 14.5 Å². The Kier molecular flexibility index (Phi) is 3.00. The van der Waals surface area contributed by atoms with E-state index in [9.17, 15) is 13.6 Å². The molecule has 1 heterocycles. The Bertz CT molecular complexity index is 384. The van der Waals surface area contributed by atoms with E-state index < -0.39 is 23.7 Å². The molecule has 0 fully saturated rings. The number of carboxylic acids is 1. The SMILES string of the molecule is Nc1cnc(C(=O)O)c(Br)c1C(F)F. The summed E-state index contributed by atoms with van der Waals surface area (Å²) < 4.78 is 24.5. The smallest absolute Gasteiger partial charge is 0.355 e. The first-order valence-electron chi connectivity index (χ1n) is 3.40. The van der Waals surface area contributed by atoms with Crippen LogP contribution >= 0.6 is 15.9 Å². The van der Waals surface area contributed by atoms with Crippen LogP contribution in [0.25, 0.3) is 0 Å². The fraction of sp³-hybridized carbons (Fsp3) is 0.143. The van der Waals surface area contributed by atoms with Gasteiger partial charge in [0.15, 0.2) is 5.69 Å². The molecule has 1 rings (SSSR count). The molecule has 0 aromatic carbocycles. The number of aromatic carboxylic acids is 1. The lowest BCUT2D eigenvalue weighted by Gasteiger charge is -2.08. The van der Waals surface area contributed by atoms with Crippen molar-refractivity contribution in [2.75, 3.05) is 5.73 Å². The standard InChI is InChI=1S/C7H5BrF2N2O2/c8-4-3(6(9)10)2(11)1-12-5(4)7(13)14/h1,6H,11H2,(H,13,14). The highest BCUT2D eigenvalue weighted by Gasteiger charge is 2.22. The molecule has 3 N–H and O–H groups in total. The van der Waals surface area contributed by atoms with Crippen LogP contribution in [0.3, 0.4) is 0 Å². The van der Waals surface area contributed by atoms with Crippen molar-refractivity contribution < 1.29 is 18.7 Å². The Hall–Kier alpha value is -1.24. The second kappa shape index (κ2) is 3.87. The van der Waals surface area contributed by atoms with Gasteiger partial charge >= 0.3 is 5.97 Å². The van der Waals surface area contributed by atoms with Crippen molar-refractivity contribution in [1.82, 2.24) is 4.98 Å². The molecule has 1 aromatic rings. The molecule has 0 bridgehead atoms. The molecule has 0 spiro atoms. The van der Waals surface area contributed by atoms with Crippen LogP contribution in [0.5, 0.6) is 0 Å². The minimum Gasteiger partial charge on any atom is -0.476 e. The van der Waals surface area contributed by atoms with Crippen molar-refractivity contribution in [2.24, 2.45) is 0 Å². The number of halogens is 3. The van der Waals surface area contributed by atoms with Crippen LogP contribution in [-0.4, -0.2) is 16.1 Å². The average molecular weight is 267 g/mol. The first-order chi connectivity index (χ1) is 6.45. The number of anilines is 1. The zero-order valence-electron chi connectivity index (χ0n) is 6.67. The molecule has 0 aliphatic rings. The number of nitrogen functional groups attached to an aromatic ring is 1. The average Bonchev–Trinajstić information content (AvgIpc) is 2.02. The molecule has 14 heavy (non-hydrogen) atoms. The topological polar surface area (TPSA) is 76.2 Å². The summed E-state index contributed by atoms with van der Waals surface area (Å²) in [6.45, 7) is 0. The summed E-state index contributed by atoms with van der Waals surface area (Å²) in [6.07, 6.45) is -1.94. The summed E-state index contributed by atoms with van der Waals surface area (Å²) in [7, 11) is 0. The highest BCUT2D eigenvalue weighted by Crippen LogP contribution is 2.33. The third-order valence-corrected chi connectivity index (χ3v) is 2.31. The lowest BCUT2D eigenvalue weighted by Crippen LogP contribution is -2.07. The van der Waals surface area contributed by atoms with Gasteiger partial charge in [-0.1, -0.05) is 0 Å². The van der Waals surface area contributed by atoms with E-state index in [0.29, 0.717) is 0 Å². The van der Waals surface area contributed by atoms with Gasteiger partial charge < -0.3 is 10.8 Å². The largest absolute Gasteiger partial charge is 0.476 e. The van der Waals surface area contributed by atoms with Crippen LogP contribution in [-0.2, 0) is 0 Å². The monoisotopic (exact) mass is 266 g/mol.